The molecule has 0 amide bonds. The van der Waals surface area contributed by atoms with Gasteiger partial charge in [0.25, 0.3) is 5.72 Å². The Morgan fingerprint density at radius 3 is 2.79 bits per heavy atom. The molecule has 1 aromatic carbocycles. The maximum atomic E-state index is 14.1. The molecule has 0 saturated heterocycles. The van der Waals surface area contributed by atoms with E-state index in [0.29, 0.717) is 27.6 Å². The summed E-state index contributed by atoms with van der Waals surface area (Å²) in [6.07, 6.45) is -1.83. The van der Waals surface area contributed by atoms with Crippen molar-refractivity contribution in [3.8, 4) is 17.0 Å². The molecule has 10 heteroatoms. The zero-order valence-corrected chi connectivity index (χ0v) is 15.5. The van der Waals surface area contributed by atoms with Crippen LogP contribution in [0.3, 0.4) is 0 Å². The number of benzene rings is 1. The molecule has 148 valence electrons. The number of hydrogen-bond donors (Lipinski definition) is 1. The number of thiazole rings is 1. The second-order valence-corrected chi connectivity index (χ2v) is 7.47. The molecule has 2 atom stereocenters. The Morgan fingerprint density at radius 2 is 2.03 bits per heavy atom. The first kappa shape index (κ1) is 18.1. The van der Waals surface area contributed by atoms with E-state index in [9.17, 15) is 18.3 Å². The molecule has 0 fully saturated rings. The number of alkyl halides is 3. The van der Waals surface area contributed by atoms with E-state index in [4.69, 9.17) is 4.74 Å². The van der Waals surface area contributed by atoms with E-state index in [1.807, 2.05) is 0 Å². The third-order valence-electron chi connectivity index (χ3n) is 4.96. The minimum atomic E-state index is -4.99. The van der Waals surface area contributed by atoms with Gasteiger partial charge in [-0.2, -0.15) is 23.3 Å². The number of ether oxygens (including phenoxy) is 1. The summed E-state index contributed by atoms with van der Waals surface area (Å²) in [6.45, 7) is -0.344. The molecule has 1 N–H and O–H groups in total. The van der Waals surface area contributed by atoms with Crippen molar-refractivity contribution in [3.63, 3.8) is 0 Å². The zero-order chi connectivity index (χ0) is 20.2. The van der Waals surface area contributed by atoms with Gasteiger partial charge in [-0.15, -0.1) is 11.3 Å². The van der Waals surface area contributed by atoms with E-state index in [1.165, 1.54) is 0 Å². The number of fused-ring (bicyclic) bond motifs is 3. The van der Waals surface area contributed by atoms with Crippen molar-refractivity contribution in [1.29, 1.82) is 0 Å². The third-order valence-corrected chi connectivity index (χ3v) is 5.78. The number of aromatic nitrogens is 2. The highest BCUT2D eigenvalue weighted by Gasteiger charge is 2.69. The number of rotatable bonds is 2. The molecular formula is C19H13F3N4O2S. The van der Waals surface area contributed by atoms with Crippen molar-refractivity contribution in [2.45, 2.75) is 11.9 Å². The minimum absolute atomic E-state index is 0.0666. The number of aliphatic hydroxyl groups is 1. The Labute approximate surface area is 166 Å². The van der Waals surface area contributed by atoms with Gasteiger partial charge in [0.1, 0.15) is 12.4 Å². The average Bonchev–Trinajstić information content (AvgIpc) is 3.32. The maximum Gasteiger partial charge on any atom is 0.439 e. The Hall–Kier alpha value is -2.98. The summed E-state index contributed by atoms with van der Waals surface area (Å²) < 4.78 is 47.8. The van der Waals surface area contributed by atoms with Crippen LogP contribution in [-0.4, -0.2) is 39.3 Å². The summed E-state index contributed by atoms with van der Waals surface area (Å²) in [5, 5.41) is 17.2. The standard InChI is InChI=1S/C19H13F3N4O2S/c20-19(21,22)18(27)13-9-28-15-6-2-1-5-12(15)16(13)25-26(18)17-24-14(10-29-17)11-4-3-7-23-8-11/h1-8,10,13,27H,9H2/t13-,18-/m1/s1. The largest absolute Gasteiger partial charge is 0.492 e. The van der Waals surface area contributed by atoms with Crippen LogP contribution in [0.1, 0.15) is 5.56 Å². The topological polar surface area (TPSA) is 70.8 Å². The summed E-state index contributed by atoms with van der Waals surface area (Å²) in [4.78, 5) is 8.28. The number of nitrogens with zero attached hydrogens (tertiary/aromatic N) is 4. The quantitative estimate of drug-likeness (QED) is 0.688. The summed E-state index contributed by atoms with van der Waals surface area (Å²) in [5.74, 6) is -0.966. The predicted molar refractivity (Wildman–Crippen MR) is 101 cm³/mol. The molecule has 0 spiro atoms. The van der Waals surface area contributed by atoms with Gasteiger partial charge < -0.3 is 9.84 Å². The second-order valence-electron chi connectivity index (χ2n) is 6.64. The lowest BCUT2D eigenvalue weighted by atomic mass is 9.86. The molecule has 4 heterocycles. The van der Waals surface area contributed by atoms with Crippen LogP contribution < -0.4 is 9.75 Å². The Morgan fingerprint density at radius 1 is 1.21 bits per heavy atom. The van der Waals surface area contributed by atoms with Crippen LogP contribution in [0.15, 0.2) is 59.3 Å². The van der Waals surface area contributed by atoms with Crippen LogP contribution in [0, 0.1) is 5.92 Å². The van der Waals surface area contributed by atoms with Gasteiger partial charge in [-0.25, -0.2) is 4.98 Å². The Bertz CT molecular complexity index is 1100. The summed E-state index contributed by atoms with van der Waals surface area (Å²) >= 11 is 0.966. The van der Waals surface area contributed by atoms with Gasteiger partial charge in [0.15, 0.2) is 0 Å². The van der Waals surface area contributed by atoms with Crippen molar-refractivity contribution in [3.05, 3.63) is 59.7 Å². The van der Waals surface area contributed by atoms with E-state index < -0.39 is 17.8 Å². The number of pyridine rings is 1. The number of halogens is 3. The number of hydrazone groups is 1. The lowest BCUT2D eigenvalue weighted by Gasteiger charge is -2.38. The first-order valence-corrected chi connectivity index (χ1v) is 9.53. The molecule has 5 rings (SSSR count). The lowest BCUT2D eigenvalue weighted by Crippen LogP contribution is -2.61. The fourth-order valence-corrected chi connectivity index (χ4v) is 4.36. The van der Waals surface area contributed by atoms with Crippen LogP contribution in [0.25, 0.3) is 11.3 Å². The van der Waals surface area contributed by atoms with E-state index >= 15 is 0 Å². The van der Waals surface area contributed by atoms with Gasteiger partial charge >= 0.3 is 6.18 Å². The van der Waals surface area contributed by atoms with Gasteiger partial charge in [0.05, 0.1) is 17.3 Å². The first-order valence-electron chi connectivity index (χ1n) is 8.65. The SMILES string of the molecule is O[C@@]1(C(F)(F)F)[C@@H]2COc3ccccc3C2=NN1c1nc(-c2cccnc2)cs1. The van der Waals surface area contributed by atoms with Crippen LogP contribution in [0.5, 0.6) is 5.75 Å². The third kappa shape index (κ3) is 2.63. The van der Waals surface area contributed by atoms with Gasteiger partial charge in [-0.05, 0) is 24.3 Å². The van der Waals surface area contributed by atoms with E-state index in [0.717, 1.165) is 11.3 Å². The van der Waals surface area contributed by atoms with Gasteiger partial charge in [0.2, 0.25) is 5.13 Å². The monoisotopic (exact) mass is 418 g/mol. The highest BCUT2D eigenvalue weighted by molar-refractivity contribution is 7.14. The number of anilines is 1. The van der Waals surface area contributed by atoms with E-state index in [2.05, 4.69) is 15.1 Å². The van der Waals surface area contributed by atoms with Crippen molar-refractivity contribution in [2.24, 2.45) is 11.0 Å². The highest BCUT2D eigenvalue weighted by atomic mass is 32.1. The molecule has 0 saturated carbocycles. The molecular weight excluding hydrogens is 405 g/mol. The summed E-state index contributed by atoms with van der Waals surface area (Å²) in [5.41, 5.74) is -1.60. The van der Waals surface area contributed by atoms with Crippen LogP contribution in [0.4, 0.5) is 18.3 Å². The molecule has 2 aliphatic rings. The molecule has 0 radical (unpaired) electrons. The molecule has 6 nitrogen and oxygen atoms in total. The molecule has 0 aliphatic carbocycles. The Kier molecular flexibility index (Phi) is 3.90. The second kappa shape index (κ2) is 6.26. The van der Waals surface area contributed by atoms with Crippen molar-refractivity contribution in [1.82, 2.24) is 9.97 Å². The molecule has 3 aromatic rings. The van der Waals surface area contributed by atoms with Gasteiger partial charge in [-0.1, -0.05) is 12.1 Å². The first-order chi connectivity index (χ1) is 13.9. The minimum Gasteiger partial charge on any atom is -0.492 e. The fraction of sp³-hybridized carbons (Fsp3) is 0.211. The van der Waals surface area contributed by atoms with Gasteiger partial charge in [0, 0.05) is 28.9 Å². The normalized spacial score (nSPS) is 23.2. The number of para-hydroxylation sites is 1. The van der Waals surface area contributed by atoms with Crippen molar-refractivity contribution < 1.29 is 23.0 Å². The van der Waals surface area contributed by atoms with Crippen molar-refractivity contribution >= 4 is 22.2 Å². The maximum absolute atomic E-state index is 14.1. The van der Waals surface area contributed by atoms with E-state index in [-0.39, 0.29) is 17.5 Å². The smallest absolute Gasteiger partial charge is 0.439 e. The Balaban J connectivity index is 1.63. The summed E-state index contributed by atoms with van der Waals surface area (Å²) in [6, 6.07) is 10.2. The van der Waals surface area contributed by atoms with Crippen LogP contribution in [-0.2, 0) is 0 Å². The predicted octanol–water partition coefficient (Wildman–Crippen LogP) is 3.69. The molecule has 0 unspecified atom stereocenters. The van der Waals surface area contributed by atoms with Gasteiger partial charge in [-0.3, -0.25) is 4.98 Å². The molecule has 2 aliphatic heterocycles. The zero-order valence-electron chi connectivity index (χ0n) is 14.7. The van der Waals surface area contributed by atoms with E-state index in [1.54, 1.807) is 54.2 Å². The lowest BCUT2D eigenvalue weighted by molar-refractivity contribution is -0.270. The average molecular weight is 418 g/mol. The number of hydrogen-bond acceptors (Lipinski definition) is 7. The fourth-order valence-electron chi connectivity index (χ4n) is 3.52. The highest BCUT2D eigenvalue weighted by Crippen LogP contribution is 2.50. The van der Waals surface area contributed by atoms with Crippen LogP contribution >= 0.6 is 11.3 Å². The summed E-state index contributed by atoms with van der Waals surface area (Å²) in [7, 11) is 0. The van der Waals surface area contributed by atoms with Crippen molar-refractivity contribution in [2.75, 3.05) is 11.6 Å². The molecule has 29 heavy (non-hydrogen) atoms. The molecule has 2 aromatic heterocycles. The van der Waals surface area contributed by atoms with Crippen LogP contribution in [0.2, 0.25) is 0 Å². The molecule has 0 bridgehead atoms.